The number of benzene rings is 1. The smallest absolute Gasteiger partial charge is 0.341 e. The van der Waals surface area contributed by atoms with Crippen molar-refractivity contribution in [3.05, 3.63) is 23.3 Å². The summed E-state index contributed by atoms with van der Waals surface area (Å²) >= 11 is 0. The predicted molar refractivity (Wildman–Crippen MR) is 64.8 cm³/mol. The normalized spacial score (nSPS) is 8.81. The van der Waals surface area contributed by atoms with Crippen molar-refractivity contribution in [3.8, 4) is 5.75 Å². The fourth-order valence-electron chi connectivity index (χ4n) is 1.19. The average molecular weight is 225 g/mol. The van der Waals surface area contributed by atoms with Gasteiger partial charge >= 0.3 is 5.97 Å². The second-order valence-electron chi connectivity index (χ2n) is 2.87. The lowest BCUT2D eigenvalue weighted by Crippen LogP contribution is -2.07. The molecule has 0 saturated heterocycles. The average Bonchev–Trinajstić information content (AvgIpc) is 2.34. The largest absolute Gasteiger partial charge is 0.494 e. The van der Waals surface area contributed by atoms with E-state index in [2.05, 4.69) is 4.74 Å². The van der Waals surface area contributed by atoms with Crippen LogP contribution in [0.1, 0.15) is 29.8 Å². The molecule has 1 rings (SSSR count). The van der Waals surface area contributed by atoms with Crippen molar-refractivity contribution in [2.75, 3.05) is 20.0 Å². The topological polar surface area (TPSA) is 61.5 Å². The summed E-state index contributed by atoms with van der Waals surface area (Å²) in [6.45, 7) is 5.85. The molecule has 0 bridgehead atoms. The Labute approximate surface area is 96.4 Å². The van der Waals surface area contributed by atoms with E-state index in [1.54, 1.807) is 12.1 Å². The third-order valence-electron chi connectivity index (χ3n) is 2.02. The standard InChI is InChI=1S/C10H13NO3.C2H6/c1-6-4-5-7(10(12)14-3)9(13-2)8(6)11;1-2/h4-5H,11H2,1-3H3;1-2H3. The minimum absolute atomic E-state index is 0.345. The third-order valence-corrected chi connectivity index (χ3v) is 2.02. The molecule has 0 fully saturated rings. The molecule has 0 saturated carbocycles. The Morgan fingerprint density at radius 1 is 1.25 bits per heavy atom. The summed E-state index contributed by atoms with van der Waals surface area (Å²) < 4.78 is 9.65. The van der Waals surface area contributed by atoms with E-state index in [4.69, 9.17) is 10.5 Å². The first kappa shape index (κ1) is 14.3. The molecular weight excluding hydrogens is 206 g/mol. The van der Waals surface area contributed by atoms with Gasteiger partial charge in [0.05, 0.1) is 19.9 Å². The van der Waals surface area contributed by atoms with Gasteiger partial charge in [-0.1, -0.05) is 19.9 Å². The highest BCUT2D eigenvalue weighted by molar-refractivity contribution is 5.95. The number of aryl methyl sites for hydroxylation is 1. The van der Waals surface area contributed by atoms with Gasteiger partial charge in [0.25, 0.3) is 0 Å². The lowest BCUT2D eigenvalue weighted by atomic mass is 10.1. The number of esters is 1. The molecule has 0 aliphatic rings. The van der Waals surface area contributed by atoms with E-state index in [-0.39, 0.29) is 0 Å². The number of carbonyl (C=O) groups excluding carboxylic acids is 1. The maximum atomic E-state index is 11.3. The summed E-state index contributed by atoms with van der Waals surface area (Å²) in [5, 5.41) is 0. The Morgan fingerprint density at radius 3 is 2.25 bits per heavy atom. The highest BCUT2D eigenvalue weighted by Crippen LogP contribution is 2.29. The highest BCUT2D eigenvalue weighted by Gasteiger charge is 2.15. The van der Waals surface area contributed by atoms with Gasteiger partial charge in [-0.3, -0.25) is 0 Å². The van der Waals surface area contributed by atoms with Crippen molar-refractivity contribution < 1.29 is 14.3 Å². The molecule has 0 aliphatic heterocycles. The van der Waals surface area contributed by atoms with Crippen LogP contribution >= 0.6 is 0 Å². The Hall–Kier alpha value is -1.71. The number of methoxy groups -OCH3 is 2. The summed E-state index contributed by atoms with van der Waals surface area (Å²) in [5.74, 6) is -0.0783. The molecule has 0 heterocycles. The van der Waals surface area contributed by atoms with Gasteiger partial charge in [-0.25, -0.2) is 4.79 Å². The lowest BCUT2D eigenvalue weighted by Gasteiger charge is -2.11. The van der Waals surface area contributed by atoms with Crippen LogP contribution in [0, 0.1) is 6.92 Å². The Kier molecular flexibility index (Phi) is 6.00. The molecule has 4 nitrogen and oxygen atoms in total. The molecule has 16 heavy (non-hydrogen) atoms. The molecule has 1 aromatic rings. The van der Waals surface area contributed by atoms with Crippen molar-refractivity contribution in [2.24, 2.45) is 0 Å². The quantitative estimate of drug-likeness (QED) is 0.620. The Bertz CT molecular complexity index is 362. The summed E-state index contributed by atoms with van der Waals surface area (Å²) in [7, 11) is 2.79. The van der Waals surface area contributed by atoms with Crippen LogP contribution < -0.4 is 10.5 Å². The number of hydrogen-bond acceptors (Lipinski definition) is 4. The lowest BCUT2D eigenvalue weighted by molar-refractivity contribution is 0.0597. The van der Waals surface area contributed by atoms with Crippen LogP contribution in [0.2, 0.25) is 0 Å². The van der Waals surface area contributed by atoms with Crippen LogP contribution in [0.25, 0.3) is 0 Å². The molecule has 0 aromatic heterocycles. The zero-order valence-electron chi connectivity index (χ0n) is 10.5. The zero-order chi connectivity index (χ0) is 12.7. The van der Waals surface area contributed by atoms with Crippen molar-refractivity contribution in [1.82, 2.24) is 0 Å². The van der Waals surface area contributed by atoms with Crippen LogP contribution in [0.5, 0.6) is 5.75 Å². The fraction of sp³-hybridized carbons (Fsp3) is 0.417. The molecule has 1 aromatic carbocycles. The molecule has 4 heteroatoms. The maximum absolute atomic E-state index is 11.3. The predicted octanol–water partition coefficient (Wildman–Crippen LogP) is 2.40. The van der Waals surface area contributed by atoms with Gasteiger partial charge in [-0.15, -0.1) is 0 Å². The van der Waals surface area contributed by atoms with E-state index in [0.717, 1.165) is 5.56 Å². The summed E-state index contributed by atoms with van der Waals surface area (Å²) in [4.78, 5) is 11.3. The molecule has 0 atom stereocenters. The molecule has 0 spiro atoms. The molecule has 2 N–H and O–H groups in total. The van der Waals surface area contributed by atoms with E-state index in [0.29, 0.717) is 17.0 Å². The highest BCUT2D eigenvalue weighted by atomic mass is 16.5. The van der Waals surface area contributed by atoms with Crippen molar-refractivity contribution in [1.29, 1.82) is 0 Å². The monoisotopic (exact) mass is 225 g/mol. The molecule has 90 valence electrons. The number of nitrogens with two attached hydrogens (primary N) is 1. The number of rotatable bonds is 2. The van der Waals surface area contributed by atoms with Gasteiger partial charge < -0.3 is 15.2 Å². The number of anilines is 1. The number of nitrogen functional groups attached to an aromatic ring is 1. The molecule has 0 amide bonds. The van der Waals surface area contributed by atoms with Crippen LogP contribution in [-0.2, 0) is 4.74 Å². The fourth-order valence-corrected chi connectivity index (χ4v) is 1.19. The summed E-state index contributed by atoms with van der Waals surface area (Å²) in [6.07, 6.45) is 0. The maximum Gasteiger partial charge on any atom is 0.341 e. The van der Waals surface area contributed by atoms with Gasteiger partial charge in [-0.2, -0.15) is 0 Å². The van der Waals surface area contributed by atoms with Crippen molar-refractivity contribution >= 4 is 11.7 Å². The van der Waals surface area contributed by atoms with Crippen molar-refractivity contribution in [3.63, 3.8) is 0 Å². The van der Waals surface area contributed by atoms with Crippen LogP contribution in [0.15, 0.2) is 12.1 Å². The van der Waals surface area contributed by atoms with E-state index in [1.807, 2.05) is 20.8 Å². The van der Waals surface area contributed by atoms with E-state index < -0.39 is 5.97 Å². The summed E-state index contributed by atoms with van der Waals surface area (Å²) in [5.41, 5.74) is 7.44. The van der Waals surface area contributed by atoms with E-state index >= 15 is 0 Å². The zero-order valence-corrected chi connectivity index (χ0v) is 10.5. The Morgan fingerprint density at radius 2 is 1.81 bits per heavy atom. The van der Waals surface area contributed by atoms with Crippen LogP contribution in [0.4, 0.5) is 5.69 Å². The number of carbonyl (C=O) groups is 1. The van der Waals surface area contributed by atoms with Gasteiger partial charge in [0.2, 0.25) is 0 Å². The van der Waals surface area contributed by atoms with Gasteiger partial charge in [0.15, 0.2) is 5.75 Å². The first-order valence-corrected chi connectivity index (χ1v) is 5.13. The van der Waals surface area contributed by atoms with Crippen LogP contribution in [-0.4, -0.2) is 20.2 Å². The summed E-state index contributed by atoms with van der Waals surface area (Å²) in [6, 6.07) is 3.39. The first-order chi connectivity index (χ1) is 7.61. The van der Waals surface area contributed by atoms with Gasteiger partial charge in [0, 0.05) is 0 Å². The molecule has 0 unspecified atom stereocenters. The minimum Gasteiger partial charge on any atom is -0.494 e. The molecular formula is C12H19NO3. The second kappa shape index (κ2) is 6.71. The van der Waals surface area contributed by atoms with Gasteiger partial charge in [0.1, 0.15) is 5.56 Å². The molecule has 0 radical (unpaired) electrons. The SMILES string of the molecule is CC.COC(=O)c1ccc(C)c(N)c1OC. The minimum atomic E-state index is -0.450. The van der Waals surface area contributed by atoms with E-state index in [1.165, 1.54) is 14.2 Å². The first-order valence-electron chi connectivity index (χ1n) is 5.13. The number of hydrogen-bond donors (Lipinski definition) is 1. The van der Waals surface area contributed by atoms with Crippen molar-refractivity contribution in [2.45, 2.75) is 20.8 Å². The number of ether oxygens (including phenoxy) is 2. The van der Waals surface area contributed by atoms with E-state index in [9.17, 15) is 4.79 Å². The second-order valence-corrected chi connectivity index (χ2v) is 2.87. The Balaban J connectivity index is 0.00000106. The molecule has 0 aliphatic carbocycles. The third kappa shape index (κ3) is 2.89. The van der Waals surface area contributed by atoms with Gasteiger partial charge in [-0.05, 0) is 18.6 Å². The van der Waals surface area contributed by atoms with Crippen LogP contribution in [0.3, 0.4) is 0 Å².